The summed E-state index contributed by atoms with van der Waals surface area (Å²) in [4.78, 5) is 0. The van der Waals surface area contributed by atoms with E-state index in [0.717, 1.165) is 43.9 Å². The molecule has 0 radical (unpaired) electrons. The van der Waals surface area contributed by atoms with Gasteiger partial charge in [0.1, 0.15) is 0 Å². The lowest BCUT2D eigenvalue weighted by Gasteiger charge is -2.22. The Labute approximate surface area is 82.7 Å². The van der Waals surface area contributed by atoms with E-state index in [-0.39, 0.29) is 0 Å². The second kappa shape index (κ2) is 6.51. The van der Waals surface area contributed by atoms with Crippen LogP contribution >= 0.6 is 0 Å². The first-order chi connectivity index (χ1) is 6.33. The van der Waals surface area contributed by atoms with E-state index in [0.29, 0.717) is 6.04 Å². The maximum Gasteiger partial charge on any atom is 0.0474 e. The van der Waals surface area contributed by atoms with Gasteiger partial charge in [0.2, 0.25) is 0 Å². The van der Waals surface area contributed by atoms with Crippen molar-refractivity contribution in [2.75, 3.05) is 31.8 Å². The molecule has 0 amide bonds. The summed E-state index contributed by atoms with van der Waals surface area (Å²) in [6.45, 7) is 1.84. The van der Waals surface area contributed by atoms with Gasteiger partial charge in [-0.25, -0.2) is 0 Å². The Kier molecular flexibility index (Phi) is 5.58. The number of hydrogen-bond acceptors (Lipinski definition) is 3. The predicted octanol–water partition coefficient (Wildman–Crippen LogP) is 0.524. The number of methoxy groups -OCH3 is 1. The predicted molar refractivity (Wildman–Crippen MR) is 55.4 cm³/mol. The molecule has 1 heterocycles. The molecule has 0 aromatic heterocycles. The zero-order valence-corrected chi connectivity index (χ0v) is 9.07. The molecule has 13 heavy (non-hydrogen) atoms. The van der Waals surface area contributed by atoms with Crippen LogP contribution in [0.3, 0.4) is 0 Å². The summed E-state index contributed by atoms with van der Waals surface area (Å²) in [5.41, 5.74) is 0. The molecule has 3 nitrogen and oxygen atoms in total. The van der Waals surface area contributed by atoms with Crippen molar-refractivity contribution in [2.24, 2.45) is 0 Å². The minimum Gasteiger partial charge on any atom is -0.385 e. The second-order valence-corrected chi connectivity index (χ2v) is 5.12. The highest BCUT2D eigenvalue weighted by Gasteiger charge is 2.16. The fourth-order valence-electron chi connectivity index (χ4n) is 1.52. The fraction of sp³-hybridized carbons (Fsp3) is 1.00. The van der Waals surface area contributed by atoms with Crippen molar-refractivity contribution >= 4 is 10.8 Å². The SMILES string of the molecule is COCCCNC1CCS(=O)CC1. The molecule has 1 fully saturated rings. The van der Waals surface area contributed by atoms with Crippen LogP contribution in [-0.4, -0.2) is 42.0 Å². The molecule has 1 rings (SSSR count). The van der Waals surface area contributed by atoms with Crippen molar-refractivity contribution in [3.05, 3.63) is 0 Å². The average Bonchev–Trinajstić information content (AvgIpc) is 2.15. The third kappa shape index (κ3) is 4.74. The molecule has 1 N–H and O–H groups in total. The van der Waals surface area contributed by atoms with E-state index >= 15 is 0 Å². The molecule has 0 saturated carbocycles. The number of rotatable bonds is 5. The summed E-state index contributed by atoms with van der Waals surface area (Å²) in [6.07, 6.45) is 3.20. The molecule has 0 aromatic rings. The van der Waals surface area contributed by atoms with E-state index in [1.54, 1.807) is 7.11 Å². The van der Waals surface area contributed by atoms with Crippen molar-refractivity contribution in [1.29, 1.82) is 0 Å². The Morgan fingerprint density at radius 2 is 2.15 bits per heavy atom. The van der Waals surface area contributed by atoms with Crippen molar-refractivity contribution < 1.29 is 8.95 Å². The molecule has 0 spiro atoms. The van der Waals surface area contributed by atoms with Crippen LogP contribution in [0.1, 0.15) is 19.3 Å². The molecule has 1 aliphatic heterocycles. The standard InChI is InChI=1S/C9H19NO2S/c1-12-6-2-5-10-9-3-7-13(11)8-4-9/h9-10H,2-8H2,1H3. The largest absolute Gasteiger partial charge is 0.385 e. The van der Waals surface area contributed by atoms with Gasteiger partial charge in [0.25, 0.3) is 0 Å². The van der Waals surface area contributed by atoms with Crippen LogP contribution in [0.15, 0.2) is 0 Å². The number of nitrogens with one attached hydrogen (secondary N) is 1. The summed E-state index contributed by atoms with van der Waals surface area (Å²) >= 11 is 0. The van der Waals surface area contributed by atoms with Gasteiger partial charge < -0.3 is 10.1 Å². The molecule has 78 valence electrons. The first kappa shape index (κ1) is 11.1. The smallest absolute Gasteiger partial charge is 0.0474 e. The highest BCUT2D eigenvalue weighted by molar-refractivity contribution is 7.85. The lowest BCUT2D eigenvalue weighted by molar-refractivity contribution is 0.193. The summed E-state index contributed by atoms with van der Waals surface area (Å²) in [5.74, 6) is 1.75. The number of ether oxygens (including phenoxy) is 1. The van der Waals surface area contributed by atoms with Gasteiger partial charge in [0, 0.05) is 42.1 Å². The average molecular weight is 205 g/mol. The van der Waals surface area contributed by atoms with Crippen molar-refractivity contribution in [2.45, 2.75) is 25.3 Å². The molecule has 0 aliphatic carbocycles. The van der Waals surface area contributed by atoms with Gasteiger partial charge in [-0.05, 0) is 25.8 Å². The van der Waals surface area contributed by atoms with Crippen LogP contribution in [0.5, 0.6) is 0 Å². The van der Waals surface area contributed by atoms with E-state index in [1.807, 2.05) is 0 Å². The first-order valence-corrected chi connectivity index (χ1v) is 6.39. The van der Waals surface area contributed by atoms with Gasteiger partial charge >= 0.3 is 0 Å². The summed E-state index contributed by atoms with van der Waals surface area (Å²) < 4.78 is 16.0. The Bertz CT molecular complexity index is 154. The molecular weight excluding hydrogens is 186 g/mol. The third-order valence-corrected chi connectivity index (χ3v) is 3.73. The maximum absolute atomic E-state index is 11.0. The molecule has 0 unspecified atom stereocenters. The van der Waals surface area contributed by atoms with Gasteiger partial charge in [0.15, 0.2) is 0 Å². The lowest BCUT2D eigenvalue weighted by Crippen LogP contribution is -2.36. The Hall–Kier alpha value is 0.0700. The van der Waals surface area contributed by atoms with E-state index in [9.17, 15) is 4.21 Å². The van der Waals surface area contributed by atoms with Gasteiger partial charge in [-0.1, -0.05) is 0 Å². The monoisotopic (exact) mass is 205 g/mol. The van der Waals surface area contributed by atoms with E-state index in [4.69, 9.17) is 4.74 Å². The van der Waals surface area contributed by atoms with Gasteiger partial charge in [-0.2, -0.15) is 0 Å². The van der Waals surface area contributed by atoms with Crippen LogP contribution in [0.4, 0.5) is 0 Å². The summed E-state index contributed by atoms with van der Waals surface area (Å²) in [5, 5.41) is 3.46. The van der Waals surface area contributed by atoms with Crippen molar-refractivity contribution in [3.63, 3.8) is 0 Å². The van der Waals surface area contributed by atoms with E-state index in [2.05, 4.69) is 5.32 Å². The van der Waals surface area contributed by atoms with E-state index < -0.39 is 10.8 Å². The van der Waals surface area contributed by atoms with Crippen LogP contribution in [0, 0.1) is 0 Å². The maximum atomic E-state index is 11.0. The van der Waals surface area contributed by atoms with Crippen molar-refractivity contribution in [1.82, 2.24) is 5.32 Å². The van der Waals surface area contributed by atoms with E-state index in [1.165, 1.54) is 0 Å². The van der Waals surface area contributed by atoms with Crippen LogP contribution in [0.25, 0.3) is 0 Å². The Morgan fingerprint density at radius 3 is 2.77 bits per heavy atom. The Balaban J connectivity index is 1.99. The molecule has 1 aliphatic rings. The fourth-order valence-corrected chi connectivity index (χ4v) is 2.82. The molecular formula is C9H19NO2S. The van der Waals surface area contributed by atoms with Gasteiger partial charge in [-0.15, -0.1) is 0 Å². The number of hydrogen-bond donors (Lipinski definition) is 1. The molecule has 0 aromatic carbocycles. The molecule has 0 atom stereocenters. The Morgan fingerprint density at radius 1 is 1.46 bits per heavy atom. The zero-order chi connectivity index (χ0) is 9.52. The van der Waals surface area contributed by atoms with Gasteiger partial charge in [0.05, 0.1) is 0 Å². The van der Waals surface area contributed by atoms with Crippen LogP contribution < -0.4 is 5.32 Å². The van der Waals surface area contributed by atoms with Crippen molar-refractivity contribution in [3.8, 4) is 0 Å². The first-order valence-electron chi connectivity index (χ1n) is 4.90. The van der Waals surface area contributed by atoms with Gasteiger partial charge in [-0.3, -0.25) is 4.21 Å². The lowest BCUT2D eigenvalue weighted by atomic mass is 10.1. The minimum absolute atomic E-state index is 0.535. The summed E-state index contributed by atoms with van der Waals surface area (Å²) in [6, 6.07) is 0.592. The molecule has 0 bridgehead atoms. The van der Waals surface area contributed by atoms with Crippen LogP contribution in [0.2, 0.25) is 0 Å². The minimum atomic E-state index is -0.535. The second-order valence-electron chi connectivity index (χ2n) is 3.42. The van der Waals surface area contributed by atoms with Crippen LogP contribution in [-0.2, 0) is 15.5 Å². The molecule has 1 saturated heterocycles. The molecule has 4 heteroatoms. The quantitative estimate of drug-likeness (QED) is 0.665. The zero-order valence-electron chi connectivity index (χ0n) is 8.25. The topological polar surface area (TPSA) is 38.3 Å². The normalized spacial score (nSPS) is 29.0. The highest BCUT2D eigenvalue weighted by atomic mass is 32.2. The third-order valence-electron chi connectivity index (χ3n) is 2.35. The highest BCUT2D eigenvalue weighted by Crippen LogP contribution is 2.08. The summed E-state index contributed by atoms with van der Waals surface area (Å²) in [7, 11) is 1.19.